The molecule has 0 saturated carbocycles. The van der Waals surface area contributed by atoms with E-state index in [0.29, 0.717) is 21.4 Å². The van der Waals surface area contributed by atoms with Crippen molar-refractivity contribution in [2.45, 2.75) is 12.8 Å². The number of aromatic nitrogens is 3. The van der Waals surface area contributed by atoms with E-state index < -0.39 is 34.5 Å². The molecule has 0 aliphatic heterocycles. The summed E-state index contributed by atoms with van der Waals surface area (Å²) in [6.07, 6.45) is -4.86. The van der Waals surface area contributed by atoms with Crippen molar-refractivity contribution < 1.29 is 31.9 Å². The van der Waals surface area contributed by atoms with Crippen LogP contribution in [0.3, 0.4) is 0 Å². The second-order valence-electron chi connectivity index (χ2n) is 6.78. The van der Waals surface area contributed by atoms with E-state index in [1.807, 2.05) is 0 Å². The first-order valence-electron chi connectivity index (χ1n) is 9.04. The average molecular weight is 447 g/mol. The largest absolute Gasteiger partial charge is 0.489 e. The van der Waals surface area contributed by atoms with Gasteiger partial charge in [0.2, 0.25) is 5.52 Å². The number of nitrogens with one attached hydrogen (secondary N) is 2. The van der Waals surface area contributed by atoms with Gasteiger partial charge in [0.05, 0.1) is 0 Å². The van der Waals surface area contributed by atoms with Gasteiger partial charge in [0.15, 0.2) is 4.60 Å². The molecule has 4 rings (SSSR count). The third-order valence-corrected chi connectivity index (χ3v) is 4.66. The third kappa shape index (κ3) is 3.97. The predicted octanol–water partition coefficient (Wildman–Crippen LogP) is 2.73. The zero-order chi connectivity index (χ0) is 23.0. The van der Waals surface area contributed by atoms with Crippen molar-refractivity contribution in [3.05, 3.63) is 80.6 Å². The molecule has 4 aromatic rings. The lowest BCUT2D eigenvalue weighted by molar-refractivity contribution is -0.692. The van der Waals surface area contributed by atoms with E-state index in [1.54, 1.807) is 23.2 Å². The SMILES string of the molecule is NC(=O)c1cc(-c2ccc(OCc3ccc4[nH]o[n+](=O)c4c3)cc2)c(C(F)(F)F)[nH]c1=O. The summed E-state index contributed by atoms with van der Waals surface area (Å²) in [6.45, 7) is 0.0821. The normalized spacial score (nSPS) is 11.6. The highest BCUT2D eigenvalue weighted by atomic mass is 19.4. The van der Waals surface area contributed by atoms with Gasteiger partial charge in [0.1, 0.15) is 23.6 Å². The zero-order valence-corrected chi connectivity index (χ0v) is 16.0. The average Bonchev–Trinajstić information content (AvgIpc) is 3.12. The van der Waals surface area contributed by atoms with E-state index in [2.05, 4.69) is 9.79 Å². The van der Waals surface area contributed by atoms with E-state index in [-0.39, 0.29) is 17.7 Å². The summed E-state index contributed by atoms with van der Waals surface area (Å²) in [7, 11) is 0. The molecule has 0 aliphatic rings. The second kappa shape index (κ2) is 7.72. The van der Waals surface area contributed by atoms with Crippen molar-refractivity contribution >= 4 is 16.9 Å². The van der Waals surface area contributed by atoms with Crippen LogP contribution in [0.1, 0.15) is 21.6 Å². The van der Waals surface area contributed by atoms with Crippen LogP contribution in [0.2, 0.25) is 0 Å². The number of pyridine rings is 1. The number of benzene rings is 2. The number of alkyl halides is 3. The van der Waals surface area contributed by atoms with Crippen LogP contribution in [0.4, 0.5) is 13.2 Å². The Labute approximate surface area is 175 Å². The van der Waals surface area contributed by atoms with Gasteiger partial charge in [-0.25, -0.2) is 0 Å². The quantitative estimate of drug-likeness (QED) is 0.432. The molecule has 0 saturated heterocycles. The summed E-state index contributed by atoms with van der Waals surface area (Å²) >= 11 is 0. The molecule has 1 amide bonds. The molecule has 2 aromatic heterocycles. The van der Waals surface area contributed by atoms with Crippen molar-refractivity contribution in [1.29, 1.82) is 0 Å². The fourth-order valence-corrected chi connectivity index (χ4v) is 3.11. The Morgan fingerprint density at radius 1 is 1.12 bits per heavy atom. The number of halogens is 3. The molecule has 0 fully saturated rings. The minimum atomic E-state index is -4.86. The van der Waals surface area contributed by atoms with Crippen molar-refractivity contribution in [3.8, 4) is 16.9 Å². The minimum absolute atomic E-state index is 0.0821. The number of H-pyrrole nitrogens is 2. The lowest BCUT2D eigenvalue weighted by atomic mass is 10.0. The first kappa shape index (κ1) is 20.9. The van der Waals surface area contributed by atoms with Gasteiger partial charge in [-0.1, -0.05) is 28.0 Å². The fraction of sp³-hybridized carbons (Fsp3) is 0.100. The molecule has 164 valence electrons. The fourth-order valence-electron chi connectivity index (χ4n) is 3.11. The summed E-state index contributed by atoms with van der Waals surface area (Å²) in [5, 5.41) is 2.44. The molecular formula is C20H14F3N4O5+. The number of carbonyl (C=O) groups is 1. The first-order valence-corrected chi connectivity index (χ1v) is 9.04. The molecule has 4 N–H and O–H groups in total. The van der Waals surface area contributed by atoms with Crippen LogP contribution in [0.5, 0.6) is 5.75 Å². The Bertz CT molecular complexity index is 1430. The van der Waals surface area contributed by atoms with E-state index in [0.717, 1.165) is 6.07 Å². The highest BCUT2D eigenvalue weighted by molar-refractivity contribution is 5.94. The van der Waals surface area contributed by atoms with Crippen LogP contribution >= 0.6 is 0 Å². The van der Waals surface area contributed by atoms with Gasteiger partial charge in [-0.2, -0.15) is 13.2 Å². The van der Waals surface area contributed by atoms with Crippen LogP contribution in [0, 0.1) is 4.91 Å². The number of carbonyl (C=O) groups excluding carboxylic acids is 1. The summed E-state index contributed by atoms with van der Waals surface area (Å²) < 4.78 is 50.8. The third-order valence-electron chi connectivity index (χ3n) is 4.66. The Morgan fingerprint density at radius 2 is 1.84 bits per heavy atom. The molecule has 0 unspecified atom stereocenters. The van der Waals surface area contributed by atoms with Crippen LogP contribution in [-0.2, 0) is 12.8 Å². The highest BCUT2D eigenvalue weighted by Crippen LogP contribution is 2.35. The van der Waals surface area contributed by atoms with Gasteiger partial charge in [-0.05, 0) is 40.3 Å². The summed E-state index contributed by atoms with van der Waals surface area (Å²) in [6, 6.07) is 11.3. The number of aromatic amines is 2. The number of amides is 1. The van der Waals surface area contributed by atoms with Gasteiger partial charge in [0, 0.05) is 11.6 Å². The Kier molecular flexibility index (Phi) is 5.04. The second-order valence-corrected chi connectivity index (χ2v) is 6.78. The molecule has 0 spiro atoms. The smallest absolute Gasteiger partial charge is 0.431 e. The van der Waals surface area contributed by atoms with Gasteiger partial charge in [0.25, 0.3) is 17.0 Å². The molecule has 0 bridgehead atoms. The predicted molar refractivity (Wildman–Crippen MR) is 104 cm³/mol. The standard InChI is InChI=1S/C20H13F3N4O5/c21-20(22,23)17-13(8-14(18(24)28)19(29)25-17)11-2-4-12(5-3-11)31-9-10-1-6-15-16(7-10)27(30)32-26-15/h1-8H,9H2,(H3-,24,25,26,28,29,30)/p+1. The molecule has 0 radical (unpaired) electrons. The van der Waals surface area contributed by atoms with Crippen LogP contribution < -0.4 is 20.6 Å². The maximum atomic E-state index is 13.4. The number of rotatable bonds is 5. The number of nitrogens with zero attached hydrogens (tertiary/aromatic N) is 1. The lowest BCUT2D eigenvalue weighted by Gasteiger charge is -2.14. The Morgan fingerprint density at radius 3 is 2.50 bits per heavy atom. The number of fused-ring (bicyclic) bond motifs is 1. The number of primary amides is 1. The van der Waals surface area contributed by atoms with Crippen LogP contribution in [0.15, 0.2) is 58.0 Å². The van der Waals surface area contributed by atoms with E-state index in [9.17, 15) is 27.7 Å². The molecule has 9 nitrogen and oxygen atoms in total. The maximum Gasteiger partial charge on any atom is 0.431 e. The Balaban J connectivity index is 1.61. The molecule has 12 heteroatoms. The zero-order valence-electron chi connectivity index (χ0n) is 16.0. The molecule has 32 heavy (non-hydrogen) atoms. The van der Waals surface area contributed by atoms with Gasteiger partial charge >= 0.3 is 6.18 Å². The van der Waals surface area contributed by atoms with Crippen molar-refractivity contribution in [1.82, 2.24) is 10.1 Å². The van der Waals surface area contributed by atoms with Gasteiger partial charge in [-0.3, -0.25) is 9.59 Å². The van der Waals surface area contributed by atoms with E-state index in [4.69, 9.17) is 10.5 Å². The van der Waals surface area contributed by atoms with Gasteiger partial charge in [-0.15, -0.1) is 0 Å². The minimum Gasteiger partial charge on any atom is -0.489 e. The topological polar surface area (TPSA) is 137 Å². The van der Waals surface area contributed by atoms with E-state index >= 15 is 0 Å². The molecule has 2 aromatic carbocycles. The Hall–Kier alpha value is -4.35. The molecule has 0 atom stereocenters. The molecular weight excluding hydrogens is 433 g/mol. The number of hydrogen-bond acceptors (Lipinski definition) is 5. The lowest BCUT2D eigenvalue weighted by Crippen LogP contribution is -2.27. The molecule has 0 aliphatic carbocycles. The number of hydrogen-bond donors (Lipinski definition) is 3. The summed E-state index contributed by atoms with van der Waals surface area (Å²) in [4.78, 5) is 36.4. The summed E-state index contributed by atoms with van der Waals surface area (Å²) in [5.41, 5.74) is 3.12. The highest BCUT2D eigenvalue weighted by Gasteiger charge is 2.36. The number of nitrogens with two attached hydrogens (primary N) is 1. The maximum absolute atomic E-state index is 13.4. The summed E-state index contributed by atoms with van der Waals surface area (Å²) in [5.74, 6) is -0.802. The van der Waals surface area contributed by atoms with Crippen LogP contribution in [-0.4, -0.2) is 16.0 Å². The molecule has 2 heterocycles. The van der Waals surface area contributed by atoms with Crippen molar-refractivity contribution in [3.63, 3.8) is 0 Å². The van der Waals surface area contributed by atoms with Gasteiger partial charge < -0.3 is 15.5 Å². The number of ether oxygens (including phenoxy) is 1. The van der Waals surface area contributed by atoms with Crippen LogP contribution in [0.25, 0.3) is 22.2 Å². The van der Waals surface area contributed by atoms with E-state index in [1.165, 1.54) is 24.3 Å². The monoisotopic (exact) mass is 447 g/mol. The van der Waals surface area contributed by atoms with Crippen molar-refractivity contribution in [2.24, 2.45) is 5.73 Å². The first-order chi connectivity index (χ1) is 15.1. The van der Waals surface area contributed by atoms with Crippen molar-refractivity contribution in [2.75, 3.05) is 0 Å².